The summed E-state index contributed by atoms with van der Waals surface area (Å²) >= 11 is 0. The van der Waals surface area contributed by atoms with Gasteiger partial charge in [0.25, 0.3) is 0 Å². The summed E-state index contributed by atoms with van der Waals surface area (Å²) in [7, 11) is 1.49. The van der Waals surface area contributed by atoms with Gasteiger partial charge in [0.05, 0.1) is 30.2 Å². The van der Waals surface area contributed by atoms with Crippen molar-refractivity contribution < 1.29 is 34.1 Å². The fourth-order valence-corrected chi connectivity index (χ4v) is 5.11. The van der Waals surface area contributed by atoms with Crippen LogP contribution in [0.3, 0.4) is 0 Å². The van der Waals surface area contributed by atoms with Gasteiger partial charge in [0, 0.05) is 11.6 Å². The maximum absolute atomic E-state index is 13.7. The van der Waals surface area contributed by atoms with E-state index in [4.69, 9.17) is 4.74 Å². The molecule has 3 aromatic rings. The highest BCUT2D eigenvalue weighted by Gasteiger charge is 2.62. The lowest BCUT2D eigenvalue weighted by Gasteiger charge is -2.24. The molecule has 4 atom stereocenters. The zero-order valence-corrected chi connectivity index (χ0v) is 18.0. The molecule has 3 aromatic carbocycles. The number of aromatic carboxylic acids is 1. The van der Waals surface area contributed by atoms with Gasteiger partial charge in [-0.2, -0.15) is 0 Å². The smallest absolute Gasteiger partial charge is 0.335 e. The summed E-state index contributed by atoms with van der Waals surface area (Å²) in [5, 5.41) is 23.9. The number of ether oxygens (including phenoxy) is 1. The summed E-state index contributed by atoms with van der Waals surface area (Å²) in [4.78, 5) is 51.5. The Kier molecular flexibility index (Phi) is 5.06. The van der Waals surface area contributed by atoms with Crippen LogP contribution in [-0.2, 0) is 14.4 Å². The van der Waals surface area contributed by atoms with E-state index in [0.717, 1.165) is 15.7 Å². The number of hydrogen-bond donors (Lipinski definition) is 3. The minimum atomic E-state index is -1.30. The highest BCUT2D eigenvalue weighted by molar-refractivity contribution is 6.24. The molecule has 0 spiro atoms. The van der Waals surface area contributed by atoms with Crippen LogP contribution in [0.5, 0.6) is 5.75 Å². The molecule has 2 aliphatic rings. The number of carboxylic acid groups (broad SMARTS) is 2. The van der Waals surface area contributed by atoms with E-state index in [1.54, 1.807) is 6.07 Å². The summed E-state index contributed by atoms with van der Waals surface area (Å²) in [6, 6.07) is 14.4. The first kappa shape index (κ1) is 21.6. The highest BCUT2D eigenvalue weighted by Crippen LogP contribution is 2.49. The normalized spacial score (nSPS) is 23.9. The van der Waals surface area contributed by atoms with Crippen LogP contribution in [0.15, 0.2) is 60.7 Å². The first-order valence-corrected chi connectivity index (χ1v) is 10.6. The molecule has 2 saturated heterocycles. The van der Waals surface area contributed by atoms with Crippen LogP contribution in [0.2, 0.25) is 0 Å². The van der Waals surface area contributed by atoms with E-state index in [1.165, 1.54) is 31.4 Å². The SMILES string of the molecule is COc1ccc2ccccc2c1[C@@H]1N[C@H](C(=O)O)[C@@H]2C(=O)N(c3cccc(C(=O)O)c3)C(=O)[C@@H]21. The van der Waals surface area contributed by atoms with Gasteiger partial charge in [0.15, 0.2) is 0 Å². The van der Waals surface area contributed by atoms with Gasteiger partial charge >= 0.3 is 11.9 Å². The van der Waals surface area contributed by atoms with Crippen molar-refractivity contribution in [3.63, 3.8) is 0 Å². The maximum Gasteiger partial charge on any atom is 0.335 e. The summed E-state index contributed by atoms with van der Waals surface area (Å²) in [5.74, 6) is -5.43. The van der Waals surface area contributed by atoms with Crippen LogP contribution in [-0.4, -0.2) is 47.1 Å². The van der Waals surface area contributed by atoms with Gasteiger partial charge in [-0.05, 0) is 35.0 Å². The van der Waals surface area contributed by atoms with Crippen molar-refractivity contribution in [1.82, 2.24) is 5.32 Å². The van der Waals surface area contributed by atoms with Gasteiger partial charge in [-0.25, -0.2) is 9.69 Å². The number of carboxylic acids is 2. The predicted octanol–water partition coefficient (Wildman–Crippen LogP) is 2.45. The number of amides is 2. The monoisotopic (exact) mass is 460 g/mol. The number of fused-ring (bicyclic) bond motifs is 2. The summed E-state index contributed by atoms with van der Waals surface area (Å²) in [5.41, 5.74) is 0.606. The number of anilines is 1. The fraction of sp³-hybridized carbons (Fsp3) is 0.200. The average molecular weight is 460 g/mol. The van der Waals surface area contributed by atoms with Gasteiger partial charge in [-0.15, -0.1) is 0 Å². The van der Waals surface area contributed by atoms with Crippen LogP contribution >= 0.6 is 0 Å². The lowest BCUT2D eigenvalue weighted by atomic mass is 9.84. The molecule has 0 unspecified atom stereocenters. The number of rotatable bonds is 5. The standard InChI is InChI=1S/C25H20N2O7/c1-34-16-10-9-12-5-2-3-8-15(12)17(16)20-18-19(21(26-20)25(32)33)23(29)27(22(18)28)14-7-4-6-13(11-14)24(30)31/h2-11,18-21,26H,1H3,(H,30,31)(H,32,33)/t18-,19+,20-,21-/m0/s1. The Morgan fingerprint density at radius 1 is 0.941 bits per heavy atom. The Morgan fingerprint density at radius 2 is 1.68 bits per heavy atom. The zero-order valence-electron chi connectivity index (χ0n) is 18.0. The van der Waals surface area contributed by atoms with E-state index in [2.05, 4.69) is 5.32 Å². The highest BCUT2D eigenvalue weighted by atomic mass is 16.5. The topological polar surface area (TPSA) is 133 Å². The molecule has 0 aromatic heterocycles. The molecule has 0 radical (unpaired) electrons. The third kappa shape index (κ3) is 3.12. The van der Waals surface area contributed by atoms with Gasteiger partial charge in [0.1, 0.15) is 11.8 Å². The Morgan fingerprint density at radius 3 is 2.38 bits per heavy atom. The molecule has 2 aliphatic heterocycles. The largest absolute Gasteiger partial charge is 0.496 e. The lowest BCUT2D eigenvalue weighted by molar-refractivity contribution is -0.142. The van der Waals surface area contributed by atoms with Crippen molar-refractivity contribution >= 4 is 40.2 Å². The van der Waals surface area contributed by atoms with E-state index >= 15 is 0 Å². The molecule has 34 heavy (non-hydrogen) atoms. The molecular weight excluding hydrogens is 440 g/mol. The second kappa shape index (κ2) is 7.96. The molecule has 172 valence electrons. The van der Waals surface area contributed by atoms with E-state index in [9.17, 15) is 29.4 Å². The molecule has 9 heteroatoms. The van der Waals surface area contributed by atoms with Gasteiger partial charge in [-0.3, -0.25) is 19.7 Å². The quantitative estimate of drug-likeness (QED) is 0.495. The fourth-order valence-electron chi connectivity index (χ4n) is 5.11. The molecule has 0 aliphatic carbocycles. The molecule has 0 saturated carbocycles. The molecule has 5 rings (SSSR count). The van der Waals surface area contributed by atoms with Crippen LogP contribution in [0.25, 0.3) is 10.8 Å². The van der Waals surface area contributed by atoms with Crippen molar-refractivity contribution in [1.29, 1.82) is 0 Å². The number of nitrogens with zero attached hydrogens (tertiary/aromatic N) is 1. The Hall–Kier alpha value is -4.24. The predicted molar refractivity (Wildman–Crippen MR) is 121 cm³/mol. The van der Waals surface area contributed by atoms with Crippen LogP contribution in [0, 0.1) is 11.8 Å². The molecular formula is C25H20N2O7. The molecule has 0 bridgehead atoms. The number of carbonyl (C=O) groups is 4. The number of hydrogen-bond acceptors (Lipinski definition) is 6. The summed E-state index contributed by atoms with van der Waals surface area (Å²) in [6.45, 7) is 0. The third-order valence-electron chi connectivity index (χ3n) is 6.55. The summed E-state index contributed by atoms with van der Waals surface area (Å²) < 4.78 is 5.56. The second-order valence-corrected chi connectivity index (χ2v) is 8.28. The Balaban J connectivity index is 1.67. The van der Waals surface area contributed by atoms with Crippen LogP contribution in [0.4, 0.5) is 5.69 Å². The number of aliphatic carboxylic acids is 1. The van der Waals surface area contributed by atoms with E-state index in [-0.39, 0.29) is 11.3 Å². The average Bonchev–Trinajstić information content (AvgIpc) is 3.35. The van der Waals surface area contributed by atoms with Gasteiger partial charge < -0.3 is 14.9 Å². The Labute approximate surface area is 193 Å². The Bertz CT molecular complexity index is 1370. The first-order chi connectivity index (χ1) is 16.3. The van der Waals surface area contributed by atoms with E-state index in [1.807, 2.05) is 30.3 Å². The van der Waals surface area contributed by atoms with Crippen LogP contribution < -0.4 is 15.0 Å². The van der Waals surface area contributed by atoms with Crippen molar-refractivity contribution in [2.75, 3.05) is 12.0 Å². The number of nitrogens with one attached hydrogen (secondary N) is 1. The van der Waals surface area contributed by atoms with Crippen molar-refractivity contribution in [3.05, 3.63) is 71.8 Å². The summed E-state index contributed by atoms with van der Waals surface area (Å²) in [6.07, 6.45) is 0. The number of methoxy groups -OCH3 is 1. The van der Waals surface area contributed by atoms with Crippen molar-refractivity contribution in [3.8, 4) is 5.75 Å². The second-order valence-electron chi connectivity index (χ2n) is 8.28. The molecule has 2 amide bonds. The third-order valence-corrected chi connectivity index (χ3v) is 6.55. The number of imide groups is 1. The van der Waals surface area contributed by atoms with E-state index in [0.29, 0.717) is 11.3 Å². The first-order valence-electron chi connectivity index (χ1n) is 10.6. The molecule has 9 nitrogen and oxygen atoms in total. The lowest BCUT2D eigenvalue weighted by Crippen LogP contribution is -2.43. The zero-order chi connectivity index (χ0) is 24.1. The van der Waals surface area contributed by atoms with Gasteiger partial charge in [-0.1, -0.05) is 36.4 Å². The van der Waals surface area contributed by atoms with Gasteiger partial charge in [0.2, 0.25) is 11.8 Å². The molecule has 2 heterocycles. The van der Waals surface area contributed by atoms with E-state index < -0.39 is 47.7 Å². The number of benzene rings is 3. The molecule has 2 fully saturated rings. The minimum Gasteiger partial charge on any atom is -0.496 e. The maximum atomic E-state index is 13.7. The van der Waals surface area contributed by atoms with Crippen molar-refractivity contribution in [2.24, 2.45) is 11.8 Å². The van der Waals surface area contributed by atoms with Crippen molar-refractivity contribution in [2.45, 2.75) is 12.1 Å². The van der Waals surface area contributed by atoms with Crippen LogP contribution in [0.1, 0.15) is 22.0 Å². The molecule has 3 N–H and O–H groups in total. The number of carbonyl (C=O) groups excluding carboxylic acids is 2. The minimum absolute atomic E-state index is 0.0876.